The maximum atomic E-state index is 14.3. The van der Waals surface area contributed by atoms with Gasteiger partial charge in [0.25, 0.3) is 0 Å². The highest BCUT2D eigenvalue weighted by Crippen LogP contribution is 2.33. The Morgan fingerprint density at radius 2 is 1.60 bits per heavy atom. The molecule has 4 aromatic rings. The number of sulfone groups is 1. The van der Waals surface area contributed by atoms with Crippen molar-refractivity contribution in [3.05, 3.63) is 95.3 Å². The molecule has 152 valence electrons. The fraction of sp³-hybridized carbons (Fsp3) is 0.0455. The van der Waals surface area contributed by atoms with E-state index in [0.29, 0.717) is 5.02 Å². The van der Waals surface area contributed by atoms with Gasteiger partial charge < -0.3 is 9.73 Å². The van der Waals surface area contributed by atoms with E-state index in [1.54, 1.807) is 42.5 Å². The minimum absolute atomic E-state index is 0.0548. The highest BCUT2D eigenvalue weighted by Gasteiger charge is 2.29. The highest BCUT2D eigenvalue weighted by molar-refractivity contribution is 7.91. The fourth-order valence-electron chi connectivity index (χ4n) is 2.88. The van der Waals surface area contributed by atoms with Crippen molar-refractivity contribution in [2.75, 3.05) is 5.32 Å². The molecular weight excluding hydrogens is 427 g/mol. The number of nitrogens with one attached hydrogen (secondary N) is 1. The Labute approximate surface area is 178 Å². The summed E-state index contributed by atoms with van der Waals surface area (Å²) in [6, 6.07) is 20.9. The summed E-state index contributed by atoms with van der Waals surface area (Å²) in [5.74, 6) is -0.790. The van der Waals surface area contributed by atoms with Crippen molar-refractivity contribution in [2.24, 2.45) is 0 Å². The number of oxazole rings is 1. The molecule has 0 saturated carbocycles. The van der Waals surface area contributed by atoms with Crippen LogP contribution in [-0.4, -0.2) is 13.4 Å². The van der Waals surface area contributed by atoms with Crippen LogP contribution in [0.4, 0.5) is 10.3 Å². The molecule has 0 amide bonds. The second-order valence-electron chi connectivity index (χ2n) is 6.39. The van der Waals surface area contributed by atoms with Gasteiger partial charge in [0.2, 0.25) is 26.6 Å². The van der Waals surface area contributed by atoms with E-state index < -0.39 is 15.7 Å². The lowest BCUT2D eigenvalue weighted by Gasteiger charge is -2.07. The van der Waals surface area contributed by atoms with E-state index in [9.17, 15) is 12.8 Å². The van der Waals surface area contributed by atoms with Crippen LogP contribution in [0.25, 0.3) is 11.5 Å². The normalized spacial score (nSPS) is 11.4. The lowest BCUT2D eigenvalue weighted by atomic mass is 10.2. The summed E-state index contributed by atoms with van der Waals surface area (Å²) in [5, 5.41) is 3.14. The molecule has 0 radical (unpaired) electrons. The zero-order chi connectivity index (χ0) is 21.1. The third-order valence-corrected chi connectivity index (χ3v) is 6.45. The third-order valence-electron chi connectivity index (χ3n) is 4.41. The Morgan fingerprint density at radius 3 is 2.33 bits per heavy atom. The number of benzene rings is 3. The fourth-order valence-corrected chi connectivity index (χ4v) is 4.38. The van der Waals surface area contributed by atoms with Crippen molar-refractivity contribution in [3.63, 3.8) is 0 Å². The molecule has 0 fully saturated rings. The molecule has 1 heterocycles. The molecule has 3 aromatic carbocycles. The summed E-state index contributed by atoms with van der Waals surface area (Å²) in [6.07, 6.45) is 0. The van der Waals surface area contributed by atoms with Crippen molar-refractivity contribution >= 4 is 27.3 Å². The van der Waals surface area contributed by atoms with Crippen LogP contribution < -0.4 is 5.32 Å². The van der Waals surface area contributed by atoms with Gasteiger partial charge in [0, 0.05) is 11.6 Å². The minimum Gasteiger partial charge on any atom is -0.419 e. The summed E-state index contributed by atoms with van der Waals surface area (Å²) < 4.78 is 46.3. The third kappa shape index (κ3) is 3.94. The molecule has 30 heavy (non-hydrogen) atoms. The van der Waals surface area contributed by atoms with E-state index >= 15 is 0 Å². The first-order chi connectivity index (χ1) is 14.5. The Kier molecular flexibility index (Phi) is 5.57. The summed E-state index contributed by atoms with van der Waals surface area (Å²) in [7, 11) is -4.01. The van der Waals surface area contributed by atoms with Gasteiger partial charge in [0.05, 0.1) is 10.5 Å². The van der Waals surface area contributed by atoms with E-state index in [-0.39, 0.29) is 33.8 Å². The zero-order valence-electron chi connectivity index (χ0n) is 15.5. The average Bonchev–Trinajstić information content (AvgIpc) is 3.19. The van der Waals surface area contributed by atoms with E-state index in [4.69, 9.17) is 16.0 Å². The summed E-state index contributed by atoms with van der Waals surface area (Å²) >= 11 is 6.18. The highest BCUT2D eigenvalue weighted by atomic mass is 35.5. The molecule has 0 aliphatic carbocycles. The molecule has 0 unspecified atom stereocenters. The number of anilines is 1. The minimum atomic E-state index is -4.01. The molecule has 8 heteroatoms. The van der Waals surface area contributed by atoms with Crippen LogP contribution >= 0.6 is 11.6 Å². The van der Waals surface area contributed by atoms with Crippen LogP contribution in [0.3, 0.4) is 0 Å². The van der Waals surface area contributed by atoms with Crippen LogP contribution in [0, 0.1) is 5.82 Å². The standard InChI is InChI=1S/C22H16ClFN2O3S/c23-18-12-6-4-8-15(18)14-25-21-22(30(27,28)16-9-2-1-3-10-16)26-20(29-21)17-11-5-7-13-19(17)24/h1-13,25H,14H2. The van der Waals surface area contributed by atoms with Crippen LogP contribution in [-0.2, 0) is 16.4 Å². The van der Waals surface area contributed by atoms with Crippen LogP contribution in [0.2, 0.25) is 5.02 Å². The number of hydrogen-bond acceptors (Lipinski definition) is 5. The van der Waals surface area contributed by atoms with Crippen molar-refractivity contribution in [2.45, 2.75) is 16.5 Å². The molecular formula is C22H16ClFN2O3S. The molecule has 1 aromatic heterocycles. The lowest BCUT2D eigenvalue weighted by Crippen LogP contribution is -2.07. The zero-order valence-corrected chi connectivity index (χ0v) is 17.1. The Morgan fingerprint density at radius 1 is 0.933 bits per heavy atom. The average molecular weight is 443 g/mol. The van der Waals surface area contributed by atoms with E-state index in [0.717, 1.165) is 5.56 Å². The van der Waals surface area contributed by atoms with E-state index in [1.807, 2.05) is 6.07 Å². The number of rotatable bonds is 6. The van der Waals surface area contributed by atoms with Gasteiger partial charge >= 0.3 is 0 Å². The quantitative estimate of drug-likeness (QED) is 0.422. The van der Waals surface area contributed by atoms with Crippen molar-refractivity contribution in [1.82, 2.24) is 4.98 Å². The first-order valence-corrected chi connectivity index (χ1v) is 10.9. The van der Waals surface area contributed by atoms with Gasteiger partial charge in [0.1, 0.15) is 5.82 Å². The van der Waals surface area contributed by atoms with Gasteiger partial charge in [-0.3, -0.25) is 0 Å². The second kappa shape index (κ2) is 8.30. The van der Waals surface area contributed by atoms with Crippen molar-refractivity contribution in [1.29, 1.82) is 0 Å². The predicted octanol–water partition coefficient (Wildman–Crippen LogP) is 5.58. The summed E-state index contributed by atoms with van der Waals surface area (Å²) in [4.78, 5) is 4.19. The monoisotopic (exact) mass is 442 g/mol. The molecule has 0 atom stereocenters. The predicted molar refractivity (Wildman–Crippen MR) is 113 cm³/mol. The van der Waals surface area contributed by atoms with Gasteiger partial charge in [-0.25, -0.2) is 12.8 Å². The maximum Gasteiger partial charge on any atom is 0.234 e. The lowest BCUT2D eigenvalue weighted by molar-refractivity contribution is 0.567. The van der Waals surface area contributed by atoms with Crippen molar-refractivity contribution < 1.29 is 17.2 Å². The summed E-state index contributed by atoms with van der Waals surface area (Å²) in [5.41, 5.74) is 0.805. The second-order valence-corrected chi connectivity index (χ2v) is 8.67. The van der Waals surface area contributed by atoms with Gasteiger partial charge in [-0.15, -0.1) is 0 Å². The van der Waals surface area contributed by atoms with Crippen LogP contribution in [0.15, 0.2) is 93.2 Å². The SMILES string of the molecule is O=S(=O)(c1ccccc1)c1nc(-c2ccccc2F)oc1NCc1ccccc1Cl. The molecule has 1 N–H and O–H groups in total. The first kappa shape index (κ1) is 20.1. The number of aromatic nitrogens is 1. The van der Waals surface area contributed by atoms with E-state index in [1.165, 1.54) is 30.3 Å². The van der Waals surface area contributed by atoms with Gasteiger partial charge in [0.15, 0.2) is 0 Å². The van der Waals surface area contributed by atoms with Gasteiger partial charge in [-0.05, 0) is 35.9 Å². The molecule has 4 rings (SSSR count). The molecule has 0 aliphatic rings. The topological polar surface area (TPSA) is 72.2 Å². The summed E-state index contributed by atoms with van der Waals surface area (Å²) in [6.45, 7) is 0.197. The van der Waals surface area contributed by atoms with Crippen LogP contribution in [0.1, 0.15) is 5.56 Å². The Hall–Kier alpha value is -3.16. The molecule has 0 spiro atoms. The molecule has 0 bridgehead atoms. The van der Waals surface area contributed by atoms with E-state index in [2.05, 4.69) is 10.3 Å². The Bertz CT molecular complexity index is 1290. The maximum absolute atomic E-state index is 14.3. The first-order valence-electron chi connectivity index (χ1n) is 9.00. The van der Waals surface area contributed by atoms with Gasteiger partial charge in [-0.1, -0.05) is 60.1 Å². The number of nitrogens with zero attached hydrogens (tertiary/aromatic N) is 1. The van der Waals surface area contributed by atoms with Crippen molar-refractivity contribution in [3.8, 4) is 11.5 Å². The smallest absolute Gasteiger partial charge is 0.234 e. The largest absolute Gasteiger partial charge is 0.419 e. The molecule has 0 aliphatic heterocycles. The number of hydrogen-bond donors (Lipinski definition) is 1. The Balaban J connectivity index is 1.79. The van der Waals surface area contributed by atoms with Crippen LogP contribution in [0.5, 0.6) is 0 Å². The van der Waals surface area contributed by atoms with Gasteiger partial charge in [-0.2, -0.15) is 4.98 Å². The molecule has 0 saturated heterocycles. The molecule has 5 nitrogen and oxygen atoms in total. The number of halogens is 2.